The molecule has 1 aliphatic rings. The van der Waals surface area contributed by atoms with Crippen molar-refractivity contribution in [3.05, 3.63) is 83.9 Å². The van der Waals surface area contributed by atoms with E-state index < -0.39 is 15.9 Å². The van der Waals surface area contributed by atoms with Gasteiger partial charge in [0.1, 0.15) is 11.5 Å². The van der Waals surface area contributed by atoms with Crippen molar-refractivity contribution in [3.63, 3.8) is 0 Å². The summed E-state index contributed by atoms with van der Waals surface area (Å²) in [6, 6.07) is 21.4. The fourth-order valence-corrected chi connectivity index (χ4v) is 5.54. The first-order valence-corrected chi connectivity index (χ1v) is 16.0. The summed E-state index contributed by atoms with van der Waals surface area (Å²) in [4.78, 5) is 29.1. The zero-order valence-corrected chi connectivity index (χ0v) is 26.1. The number of nitrogens with zero attached hydrogens (tertiary/aromatic N) is 2. The Morgan fingerprint density at radius 3 is 2.19 bits per heavy atom. The summed E-state index contributed by atoms with van der Waals surface area (Å²) in [5.74, 6) is 0.779. The number of nitrogens with one attached hydrogen (secondary N) is 2. The molecule has 3 aromatic carbocycles. The highest BCUT2D eigenvalue weighted by molar-refractivity contribution is 7.92. The molecular formula is C31H40ClN5O5S. The number of halogens is 1. The number of anilines is 2. The summed E-state index contributed by atoms with van der Waals surface area (Å²) < 4.78 is 31.1. The number of amides is 3. The highest BCUT2D eigenvalue weighted by atomic mass is 35.5. The fraction of sp³-hybridized carbons (Fsp3) is 0.355. The van der Waals surface area contributed by atoms with Crippen molar-refractivity contribution < 1.29 is 22.7 Å². The van der Waals surface area contributed by atoms with Gasteiger partial charge < -0.3 is 20.7 Å². The van der Waals surface area contributed by atoms with Gasteiger partial charge in [0.05, 0.1) is 6.26 Å². The topological polar surface area (TPSA) is 134 Å². The molecule has 1 fully saturated rings. The number of piperidine rings is 1. The lowest BCUT2D eigenvalue weighted by Crippen LogP contribution is -2.49. The molecule has 3 aromatic rings. The molecule has 1 heterocycles. The molecule has 0 aliphatic carbocycles. The number of hydrogen-bond acceptors (Lipinski definition) is 6. The second-order valence-corrected chi connectivity index (χ2v) is 12.3. The van der Waals surface area contributed by atoms with Crippen molar-refractivity contribution >= 4 is 45.7 Å². The Kier molecular flexibility index (Phi) is 12.2. The standard InChI is InChI=1S/C31H39N5O5S.ClH/c1-3-4-18-36(31(38)33-26-7-5-6-24(21-26)30(32)37)27-16-19-35(20-17-27)22-23-8-12-28(13-9-23)41-29-14-10-25(11-15-29)34-42(2,39)40;/h5-15,21,27,34H,3-4,16-20,22H2,1-2H3,(H2,32,37)(H,33,38);1H. The zero-order valence-electron chi connectivity index (χ0n) is 24.5. The van der Waals surface area contributed by atoms with Gasteiger partial charge in [0.15, 0.2) is 0 Å². The second-order valence-electron chi connectivity index (χ2n) is 10.6. The van der Waals surface area contributed by atoms with Crippen LogP contribution in [-0.4, -0.2) is 62.1 Å². The molecule has 0 aromatic heterocycles. The van der Waals surface area contributed by atoms with Crippen molar-refractivity contribution in [2.45, 2.75) is 45.2 Å². The monoisotopic (exact) mass is 629 g/mol. The molecule has 4 N–H and O–H groups in total. The van der Waals surface area contributed by atoms with E-state index >= 15 is 0 Å². The maximum absolute atomic E-state index is 13.3. The van der Waals surface area contributed by atoms with Crippen LogP contribution in [0.5, 0.6) is 11.5 Å². The van der Waals surface area contributed by atoms with Crippen LogP contribution in [0, 0.1) is 0 Å². The molecule has 4 rings (SSSR count). The second kappa shape index (κ2) is 15.6. The minimum atomic E-state index is -3.32. The van der Waals surface area contributed by atoms with E-state index in [1.807, 2.05) is 29.2 Å². The van der Waals surface area contributed by atoms with Crippen LogP contribution in [0.15, 0.2) is 72.8 Å². The molecule has 232 valence electrons. The summed E-state index contributed by atoms with van der Waals surface area (Å²) in [6.45, 7) is 5.36. The fourth-order valence-electron chi connectivity index (χ4n) is 4.98. The molecule has 0 atom stereocenters. The van der Waals surface area contributed by atoms with Gasteiger partial charge in [-0.1, -0.05) is 31.5 Å². The lowest BCUT2D eigenvalue weighted by Gasteiger charge is -2.38. The minimum Gasteiger partial charge on any atom is -0.457 e. The number of unbranched alkanes of at least 4 members (excludes halogenated alkanes) is 1. The molecule has 1 aliphatic heterocycles. The van der Waals surface area contributed by atoms with Gasteiger partial charge in [0.25, 0.3) is 0 Å². The summed E-state index contributed by atoms with van der Waals surface area (Å²) in [7, 11) is -3.32. The van der Waals surface area contributed by atoms with E-state index in [-0.39, 0.29) is 24.5 Å². The van der Waals surface area contributed by atoms with Gasteiger partial charge in [0.2, 0.25) is 15.9 Å². The van der Waals surface area contributed by atoms with Gasteiger partial charge in [-0.05, 0) is 79.4 Å². The van der Waals surface area contributed by atoms with Crippen molar-refractivity contribution in [1.29, 1.82) is 0 Å². The number of sulfonamides is 1. The first kappa shape index (κ1) is 33.7. The third-order valence-electron chi connectivity index (χ3n) is 7.13. The zero-order chi connectivity index (χ0) is 30.1. The normalized spacial score (nSPS) is 13.9. The molecule has 0 radical (unpaired) electrons. The average molecular weight is 630 g/mol. The Bertz CT molecular complexity index is 1460. The number of primary amides is 1. The molecule has 43 heavy (non-hydrogen) atoms. The third-order valence-corrected chi connectivity index (χ3v) is 7.74. The highest BCUT2D eigenvalue weighted by Crippen LogP contribution is 2.25. The maximum atomic E-state index is 13.3. The lowest BCUT2D eigenvalue weighted by atomic mass is 10.0. The van der Waals surface area contributed by atoms with E-state index in [0.717, 1.165) is 51.6 Å². The molecular weight excluding hydrogens is 590 g/mol. The third kappa shape index (κ3) is 10.5. The minimum absolute atomic E-state index is 0. The van der Waals surface area contributed by atoms with Gasteiger partial charge in [-0.2, -0.15) is 0 Å². The Morgan fingerprint density at radius 2 is 1.60 bits per heavy atom. The number of hydrogen-bond donors (Lipinski definition) is 3. The van der Waals surface area contributed by atoms with E-state index in [4.69, 9.17) is 10.5 Å². The predicted molar refractivity (Wildman–Crippen MR) is 173 cm³/mol. The van der Waals surface area contributed by atoms with E-state index in [2.05, 4.69) is 21.9 Å². The van der Waals surface area contributed by atoms with Crippen LogP contribution in [-0.2, 0) is 16.6 Å². The van der Waals surface area contributed by atoms with Gasteiger partial charge >= 0.3 is 6.03 Å². The van der Waals surface area contributed by atoms with Crippen molar-refractivity contribution in [2.75, 3.05) is 35.9 Å². The number of carbonyl (C=O) groups is 2. The number of likely N-dealkylation sites (tertiary alicyclic amines) is 1. The van der Waals surface area contributed by atoms with E-state index in [1.165, 1.54) is 5.56 Å². The van der Waals surface area contributed by atoms with Crippen molar-refractivity contribution in [3.8, 4) is 11.5 Å². The number of nitrogens with two attached hydrogens (primary N) is 1. The Hall–Kier alpha value is -3.80. The smallest absolute Gasteiger partial charge is 0.322 e. The lowest BCUT2D eigenvalue weighted by molar-refractivity contribution is 0.1000. The molecule has 3 amide bonds. The molecule has 12 heteroatoms. The summed E-state index contributed by atoms with van der Waals surface area (Å²) in [5.41, 5.74) is 7.96. The Morgan fingerprint density at radius 1 is 0.977 bits per heavy atom. The molecule has 0 unspecified atom stereocenters. The van der Waals surface area contributed by atoms with Crippen LogP contribution >= 0.6 is 12.4 Å². The van der Waals surface area contributed by atoms with Crippen LogP contribution in [0.4, 0.5) is 16.2 Å². The molecule has 0 saturated carbocycles. The molecule has 1 saturated heterocycles. The number of benzene rings is 3. The summed E-state index contributed by atoms with van der Waals surface area (Å²) in [6.07, 6.45) is 4.78. The Balaban J connectivity index is 0.00000506. The van der Waals surface area contributed by atoms with Crippen molar-refractivity contribution in [1.82, 2.24) is 9.80 Å². The first-order valence-electron chi connectivity index (χ1n) is 14.1. The molecule has 10 nitrogen and oxygen atoms in total. The largest absolute Gasteiger partial charge is 0.457 e. The van der Waals surface area contributed by atoms with Gasteiger partial charge in [-0.15, -0.1) is 12.4 Å². The number of rotatable bonds is 12. The van der Waals surface area contributed by atoms with Gasteiger partial charge in [-0.3, -0.25) is 14.4 Å². The number of urea groups is 1. The van der Waals surface area contributed by atoms with E-state index in [0.29, 0.717) is 35.0 Å². The molecule has 0 bridgehead atoms. The maximum Gasteiger partial charge on any atom is 0.322 e. The summed E-state index contributed by atoms with van der Waals surface area (Å²) >= 11 is 0. The number of carbonyl (C=O) groups excluding carboxylic acids is 2. The Labute approximate surface area is 260 Å². The SMILES string of the molecule is CCCCN(C(=O)Nc1cccc(C(N)=O)c1)C1CCN(Cc2ccc(Oc3ccc(NS(C)(=O)=O)cc3)cc2)CC1.Cl. The van der Waals surface area contributed by atoms with Crippen LogP contribution < -0.4 is 20.5 Å². The van der Waals surface area contributed by atoms with Gasteiger partial charge in [-0.25, -0.2) is 13.2 Å². The van der Waals surface area contributed by atoms with E-state index in [9.17, 15) is 18.0 Å². The quantitative estimate of drug-likeness (QED) is 0.236. The van der Waals surface area contributed by atoms with Gasteiger partial charge in [0, 0.05) is 49.2 Å². The average Bonchev–Trinajstić information content (AvgIpc) is 2.95. The summed E-state index contributed by atoms with van der Waals surface area (Å²) in [5, 5.41) is 2.96. The van der Waals surface area contributed by atoms with Crippen LogP contribution in [0.25, 0.3) is 0 Å². The first-order chi connectivity index (χ1) is 20.1. The predicted octanol–water partition coefficient (Wildman–Crippen LogP) is 5.67. The van der Waals surface area contributed by atoms with Crippen LogP contribution in [0.3, 0.4) is 0 Å². The van der Waals surface area contributed by atoms with Crippen LogP contribution in [0.1, 0.15) is 48.5 Å². The van der Waals surface area contributed by atoms with Crippen molar-refractivity contribution in [2.24, 2.45) is 5.73 Å². The highest BCUT2D eigenvalue weighted by Gasteiger charge is 2.28. The molecule has 0 spiro atoms. The number of ether oxygens (including phenoxy) is 1. The van der Waals surface area contributed by atoms with E-state index in [1.54, 1.807) is 48.5 Å². The van der Waals surface area contributed by atoms with Crippen LogP contribution in [0.2, 0.25) is 0 Å².